The van der Waals surface area contributed by atoms with Gasteiger partial charge in [-0.15, -0.1) is 0 Å². The van der Waals surface area contributed by atoms with E-state index in [2.05, 4.69) is 17.2 Å². The number of ether oxygens (including phenoxy) is 2. The molecule has 0 unspecified atom stereocenters. The summed E-state index contributed by atoms with van der Waals surface area (Å²) in [6, 6.07) is 1.86. The summed E-state index contributed by atoms with van der Waals surface area (Å²) < 4.78 is 11.4. The molecule has 1 aromatic rings. The molecule has 1 aliphatic rings. The number of hydrogen-bond acceptors (Lipinski definition) is 5. The minimum atomic E-state index is -0.527. The van der Waals surface area contributed by atoms with E-state index in [1.54, 1.807) is 12.4 Å². The Balaban J connectivity index is 2.17. The number of nitrogens with one attached hydrogen (secondary N) is 1. The smallest absolute Gasteiger partial charge is 0.407 e. The first-order chi connectivity index (χ1) is 11.7. The summed E-state index contributed by atoms with van der Waals surface area (Å²) in [5.41, 5.74) is 7.38. The number of nitrogen functional groups attached to an aromatic ring is 1. The SMILES string of the molecule is CCO[C@@H]1[C@H](C)C[C@H](c2ccncc2N)C[C@@H]1NC(=O)OC(C)(C)C. The number of pyridine rings is 1. The van der Waals surface area contributed by atoms with Crippen molar-refractivity contribution in [2.24, 2.45) is 5.92 Å². The van der Waals surface area contributed by atoms with E-state index in [1.165, 1.54) is 0 Å². The molecule has 4 atom stereocenters. The van der Waals surface area contributed by atoms with Crippen LogP contribution in [0.3, 0.4) is 0 Å². The summed E-state index contributed by atoms with van der Waals surface area (Å²) in [4.78, 5) is 16.3. The third-order valence-corrected chi connectivity index (χ3v) is 4.54. The Kier molecular flexibility index (Phi) is 6.27. The third-order valence-electron chi connectivity index (χ3n) is 4.54. The van der Waals surface area contributed by atoms with Crippen LogP contribution in [0.15, 0.2) is 18.5 Å². The zero-order chi connectivity index (χ0) is 18.6. The minimum absolute atomic E-state index is 0.0307. The molecule has 6 nitrogen and oxygen atoms in total. The van der Waals surface area contributed by atoms with Gasteiger partial charge in [0.1, 0.15) is 5.60 Å². The molecular weight excluding hydrogens is 318 g/mol. The molecule has 0 aromatic carbocycles. The number of rotatable bonds is 4. The van der Waals surface area contributed by atoms with Gasteiger partial charge in [0, 0.05) is 12.8 Å². The van der Waals surface area contributed by atoms with Crippen LogP contribution in [-0.4, -0.2) is 35.4 Å². The first-order valence-corrected chi connectivity index (χ1v) is 9.01. The highest BCUT2D eigenvalue weighted by Gasteiger charge is 2.38. The van der Waals surface area contributed by atoms with E-state index < -0.39 is 11.7 Å². The van der Waals surface area contributed by atoms with Gasteiger partial charge in [-0.25, -0.2) is 4.79 Å². The largest absolute Gasteiger partial charge is 0.444 e. The van der Waals surface area contributed by atoms with E-state index >= 15 is 0 Å². The molecule has 25 heavy (non-hydrogen) atoms. The van der Waals surface area contributed by atoms with Crippen LogP contribution in [-0.2, 0) is 9.47 Å². The summed E-state index contributed by atoms with van der Waals surface area (Å²) >= 11 is 0. The van der Waals surface area contributed by atoms with Crippen molar-refractivity contribution in [3.8, 4) is 0 Å². The summed E-state index contributed by atoms with van der Waals surface area (Å²) in [5.74, 6) is 0.556. The standard InChI is InChI=1S/C19H31N3O3/c1-6-24-17-12(2)9-13(14-7-8-21-11-15(14)20)10-16(17)22-18(23)25-19(3,4)5/h7-8,11-13,16-17H,6,9-10,20H2,1-5H3,(H,22,23)/t12-,13+,16+,17-/m1/s1. The van der Waals surface area contributed by atoms with Gasteiger partial charge in [0.05, 0.1) is 24.0 Å². The van der Waals surface area contributed by atoms with Crippen LogP contribution in [0.1, 0.15) is 58.9 Å². The molecule has 1 amide bonds. The lowest BCUT2D eigenvalue weighted by molar-refractivity contribution is -0.0296. The van der Waals surface area contributed by atoms with Crippen LogP contribution in [0.5, 0.6) is 0 Å². The van der Waals surface area contributed by atoms with Gasteiger partial charge in [-0.05, 0) is 64.0 Å². The van der Waals surface area contributed by atoms with Crippen LogP contribution in [0.2, 0.25) is 0 Å². The number of alkyl carbamates (subject to hydrolysis) is 1. The molecule has 140 valence electrons. The predicted octanol–water partition coefficient (Wildman–Crippen LogP) is 3.48. The molecule has 2 rings (SSSR count). The molecule has 0 spiro atoms. The molecular formula is C19H31N3O3. The molecule has 6 heteroatoms. The average molecular weight is 349 g/mol. The number of nitrogens with zero attached hydrogens (tertiary/aromatic N) is 1. The molecule has 1 saturated carbocycles. The van der Waals surface area contributed by atoms with Crippen molar-refractivity contribution in [1.29, 1.82) is 0 Å². The van der Waals surface area contributed by atoms with Crippen molar-refractivity contribution in [3.05, 3.63) is 24.0 Å². The molecule has 0 bridgehead atoms. The summed E-state index contributed by atoms with van der Waals surface area (Å²) in [7, 11) is 0. The zero-order valence-electron chi connectivity index (χ0n) is 15.9. The quantitative estimate of drug-likeness (QED) is 0.869. The second-order valence-electron chi connectivity index (χ2n) is 7.82. The highest BCUT2D eigenvalue weighted by atomic mass is 16.6. The molecule has 3 N–H and O–H groups in total. The van der Waals surface area contributed by atoms with Crippen molar-refractivity contribution >= 4 is 11.8 Å². The third kappa shape index (κ3) is 5.33. The van der Waals surface area contributed by atoms with Gasteiger partial charge in [-0.1, -0.05) is 6.92 Å². The lowest BCUT2D eigenvalue weighted by atomic mass is 9.74. The fraction of sp³-hybridized carbons (Fsp3) is 0.684. The van der Waals surface area contributed by atoms with Gasteiger partial charge in [0.2, 0.25) is 0 Å². The maximum atomic E-state index is 12.3. The van der Waals surface area contributed by atoms with Crippen LogP contribution < -0.4 is 11.1 Å². The maximum absolute atomic E-state index is 12.3. The Bertz CT molecular complexity index is 586. The Morgan fingerprint density at radius 3 is 2.72 bits per heavy atom. The van der Waals surface area contributed by atoms with Crippen LogP contribution in [0.25, 0.3) is 0 Å². The summed E-state index contributed by atoms with van der Waals surface area (Å²) in [5, 5.41) is 3.02. The van der Waals surface area contributed by atoms with Gasteiger partial charge in [-0.3, -0.25) is 4.98 Å². The van der Waals surface area contributed by atoms with Gasteiger partial charge >= 0.3 is 6.09 Å². The second-order valence-corrected chi connectivity index (χ2v) is 7.82. The number of anilines is 1. The Morgan fingerprint density at radius 2 is 2.12 bits per heavy atom. The lowest BCUT2D eigenvalue weighted by Gasteiger charge is -2.41. The Morgan fingerprint density at radius 1 is 1.40 bits per heavy atom. The van der Waals surface area contributed by atoms with Gasteiger partial charge in [0.25, 0.3) is 0 Å². The number of hydrogen-bond donors (Lipinski definition) is 2. The molecule has 0 aliphatic heterocycles. The molecule has 0 radical (unpaired) electrons. The Hall–Kier alpha value is -1.82. The van der Waals surface area contributed by atoms with E-state index in [0.717, 1.165) is 18.4 Å². The van der Waals surface area contributed by atoms with Crippen LogP contribution in [0, 0.1) is 5.92 Å². The highest BCUT2D eigenvalue weighted by molar-refractivity contribution is 5.68. The molecule has 1 fully saturated rings. The van der Waals surface area contributed by atoms with Gasteiger partial charge < -0.3 is 20.5 Å². The van der Waals surface area contributed by atoms with Crippen LogP contribution >= 0.6 is 0 Å². The summed E-state index contributed by atoms with van der Waals surface area (Å²) in [6.45, 7) is 10.3. The second kappa shape index (κ2) is 8.04. The molecule has 0 saturated heterocycles. The highest BCUT2D eigenvalue weighted by Crippen LogP contribution is 2.39. The Labute approximate surface area is 150 Å². The number of aromatic nitrogens is 1. The van der Waals surface area contributed by atoms with E-state index in [-0.39, 0.29) is 18.1 Å². The van der Waals surface area contributed by atoms with Crippen molar-refractivity contribution in [3.63, 3.8) is 0 Å². The van der Waals surface area contributed by atoms with E-state index in [0.29, 0.717) is 18.2 Å². The number of amides is 1. The molecule has 1 heterocycles. The fourth-order valence-corrected chi connectivity index (χ4v) is 3.63. The minimum Gasteiger partial charge on any atom is -0.444 e. The van der Waals surface area contributed by atoms with E-state index in [9.17, 15) is 4.79 Å². The van der Waals surface area contributed by atoms with Crippen molar-refractivity contribution in [2.75, 3.05) is 12.3 Å². The molecule has 1 aliphatic carbocycles. The van der Waals surface area contributed by atoms with Gasteiger partial charge in [-0.2, -0.15) is 0 Å². The van der Waals surface area contributed by atoms with Gasteiger partial charge in [0.15, 0.2) is 0 Å². The van der Waals surface area contributed by atoms with Crippen molar-refractivity contribution in [1.82, 2.24) is 10.3 Å². The van der Waals surface area contributed by atoms with E-state index in [1.807, 2.05) is 33.8 Å². The molecule has 1 aromatic heterocycles. The zero-order valence-corrected chi connectivity index (χ0v) is 15.9. The normalized spacial score (nSPS) is 26.9. The van der Waals surface area contributed by atoms with Crippen LogP contribution in [0.4, 0.5) is 10.5 Å². The number of carbonyl (C=O) groups excluding carboxylic acids is 1. The first-order valence-electron chi connectivity index (χ1n) is 9.01. The van der Waals surface area contributed by atoms with Crippen molar-refractivity contribution < 1.29 is 14.3 Å². The van der Waals surface area contributed by atoms with E-state index in [4.69, 9.17) is 15.2 Å². The average Bonchev–Trinajstić information content (AvgIpc) is 2.49. The van der Waals surface area contributed by atoms with Crippen molar-refractivity contribution in [2.45, 2.75) is 71.1 Å². The predicted molar refractivity (Wildman–Crippen MR) is 98.4 cm³/mol. The fourth-order valence-electron chi connectivity index (χ4n) is 3.63. The topological polar surface area (TPSA) is 86.5 Å². The number of nitrogens with two attached hydrogens (primary N) is 1. The lowest BCUT2D eigenvalue weighted by Crippen LogP contribution is -2.52. The maximum Gasteiger partial charge on any atom is 0.407 e. The monoisotopic (exact) mass is 349 g/mol. The number of carbonyl (C=O) groups is 1. The summed E-state index contributed by atoms with van der Waals surface area (Å²) in [6.07, 6.45) is 4.75. The first kappa shape index (κ1) is 19.5.